The van der Waals surface area contributed by atoms with Crippen LogP contribution in [0.3, 0.4) is 0 Å². The third-order valence-corrected chi connectivity index (χ3v) is 2.79. The molecule has 5 heteroatoms. The first kappa shape index (κ1) is 13.8. The van der Waals surface area contributed by atoms with Gasteiger partial charge >= 0.3 is 0 Å². The Morgan fingerprint density at radius 1 is 1.41 bits per heavy atom. The lowest BCUT2D eigenvalue weighted by atomic mass is 10.2. The van der Waals surface area contributed by atoms with Crippen LogP contribution in [0, 0.1) is 0 Å². The molecule has 0 aliphatic rings. The van der Waals surface area contributed by atoms with Crippen LogP contribution < -0.4 is 10.6 Å². The summed E-state index contributed by atoms with van der Waals surface area (Å²) in [6, 6.07) is 3.62. The number of hydrogen-bond acceptors (Lipinski definition) is 4. The van der Waals surface area contributed by atoms with Crippen LogP contribution in [0.1, 0.15) is 23.7 Å². The van der Waals surface area contributed by atoms with Crippen LogP contribution in [-0.4, -0.2) is 36.0 Å². The van der Waals surface area contributed by atoms with E-state index in [1.54, 1.807) is 24.0 Å². The van der Waals surface area contributed by atoms with Gasteiger partial charge in [0.15, 0.2) is 0 Å². The Morgan fingerprint density at radius 3 is 2.82 bits per heavy atom. The second-order valence-electron chi connectivity index (χ2n) is 3.61. The lowest BCUT2D eigenvalue weighted by Gasteiger charge is -2.06. The molecule has 0 bridgehead atoms. The van der Waals surface area contributed by atoms with Gasteiger partial charge in [0.1, 0.15) is 5.82 Å². The largest absolute Gasteiger partial charge is 0.370 e. The Labute approximate surface area is 107 Å². The number of rotatable bonds is 7. The van der Waals surface area contributed by atoms with Gasteiger partial charge in [0, 0.05) is 25.0 Å². The molecule has 1 heterocycles. The van der Waals surface area contributed by atoms with Crippen LogP contribution in [0.5, 0.6) is 0 Å². The van der Waals surface area contributed by atoms with Gasteiger partial charge < -0.3 is 10.6 Å². The maximum Gasteiger partial charge on any atom is 0.252 e. The van der Waals surface area contributed by atoms with Crippen molar-refractivity contribution in [1.29, 1.82) is 0 Å². The quantitative estimate of drug-likeness (QED) is 0.730. The zero-order valence-corrected chi connectivity index (χ0v) is 11.1. The molecule has 1 aromatic heterocycles. The minimum atomic E-state index is -0.0615. The van der Waals surface area contributed by atoms with E-state index in [4.69, 9.17) is 0 Å². The average Bonchev–Trinajstić information content (AvgIpc) is 2.37. The van der Waals surface area contributed by atoms with E-state index in [0.29, 0.717) is 12.1 Å². The van der Waals surface area contributed by atoms with Crippen LogP contribution >= 0.6 is 11.8 Å². The second-order valence-corrected chi connectivity index (χ2v) is 4.59. The van der Waals surface area contributed by atoms with Gasteiger partial charge in [-0.05, 0) is 24.8 Å². The number of carbonyl (C=O) groups excluding carboxylic acids is 1. The van der Waals surface area contributed by atoms with Crippen molar-refractivity contribution in [2.75, 3.05) is 30.4 Å². The highest BCUT2D eigenvalue weighted by Crippen LogP contribution is 2.05. The third kappa shape index (κ3) is 5.08. The number of hydrogen-bond donors (Lipinski definition) is 2. The van der Waals surface area contributed by atoms with Gasteiger partial charge in [-0.25, -0.2) is 4.98 Å². The zero-order valence-electron chi connectivity index (χ0n) is 10.3. The molecule has 0 fully saturated rings. The van der Waals surface area contributed by atoms with E-state index < -0.39 is 0 Å². The molecule has 1 aromatic rings. The fourth-order valence-corrected chi connectivity index (χ4v) is 1.56. The first-order valence-corrected chi connectivity index (χ1v) is 7.14. The van der Waals surface area contributed by atoms with Crippen LogP contribution in [0.2, 0.25) is 0 Å². The molecule has 0 radical (unpaired) electrons. The molecule has 94 valence electrons. The molecule has 0 aliphatic heterocycles. The summed E-state index contributed by atoms with van der Waals surface area (Å²) >= 11 is 1.71. The Hall–Kier alpha value is -1.23. The molecule has 2 N–H and O–H groups in total. The normalized spacial score (nSPS) is 10.0. The molecule has 0 spiro atoms. The van der Waals surface area contributed by atoms with Crippen molar-refractivity contribution in [1.82, 2.24) is 10.3 Å². The van der Waals surface area contributed by atoms with Crippen LogP contribution in [0.4, 0.5) is 5.82 Å². The van der Waals surface area contributed by atoms with E-state index in [-0.39, 0.29) is 5.91 Å². The SMILES string of the molecule is CCCNc1ccc(C(=O)NCCSC)cn1. The molecular weight excluding hydrogens is 234 g/mol. The van der Waals surface area contributed by atoms with E-state index in [2.05, 4.69) is 22.5 Å². The third-order valence-electron chi connectivity index (χ3n) is 2.17. The van der Waals surface area contributed by atoms with E-state index in [1.807, 2.05) is 12.3 Å². The van der Waals surface area contributed by atoms with Crippen molar-refractivity contribution >= 4 is 23.5 Å². The summed E-state index contributed by atoms with van der Waals surface area (Å²) in [5.41, 5.74) is 0.605. The number of aromatic nitrogens is 1. The number of thioether (sulfide) groups is 1. The Kier molecular flexibility index (Phi) is 6.47. The van der Waals surface area contributed by atoms with Crippen molar-refractivity contribution in [2.45, 2.75) is 13.3 Å². The number of pyridine rings is 1. The van der Waals surface area contributed by atoms with Gasteiger partial charge in [0.05, 0.1) is 5.56 Å². The van der Waals surface area contributed by atoms with Gasteiger partial charge in [-0.1, -0.05) is 6.92 Å². The Balaban J connectivity index is 2.46. The summed E-state index contributed by atoms with van der Waals surface area (Å²) < 4.78 is 0. The summed E-state index contributed by atoms with van der Waals surface area (Å²) in [5, 5.41) is 6.01. The number of nitrogens with zero attached hydrogens (tertiary/aromatic N) is 1. The smallest absolute Gasteiger partial charge is 0.252 e. The second kappa shape index (κ2) is 7.95. The monoisotopic (exact) mass is 253 g/mol. The van der Waals surface area contributed by atoms with Crippen molar-refractivity contribution in [3.8, 4) is 0 Å². The minimum absolute atomic E-state index is 0.0615. The predicted molar refractivity (Wildman–Crippen MR) is 73.7 cm³/mol. The number of carbonyl (C=O) groups is 1. The molecule has 0 aromatic carbocycles. The number of anilines is 1. The van der Waals surface area contributed by atoms with E-state index in [1.165, 1.54) is 0 Å². The van der Waals surface area contributed by atoms with E-state index in [0.717, 1.165) is 24.5 Å². The maximum absolute atomic E-state index is 11.7. The van der Waals surface area contributed by atoms with Gasteiger partial charge in [0.2, 0.25) is 0 Å². The van der Waals surface area contributed by atoms with Crippen molar-refractivity contribution < 1.29 is 4.79 Å². The highest BCUT2D eigenvalue weighted by atomic mass is 32.2. The average molecular weight is 253 g/mol. The highest BCUT2D eigenvalue weighted by molar-refractivity contribution is 7.98. The van der Waals surface area contributed by atoms with Crippen molar-refractivity contribution in [3.63, 3.8) is 0 Å². The van der Waals surface area contributed by atoms with E-state index >= 15 is 0 Å². The molecular formula is C12H19N3OS. The maximum atomic E-state index is 11.7. The zero-order chi connectivity index (χ0) is 12.5. The molecule has 4 nitrogen and oxygen atoms in total. The summed E-state index contributed by atoms with van der Waals surface area (Å²) in [4.78, 5) is 15.9. The van der Waals surface area contributed by atoms with Crippen molar-refractivity contribution in [3.05, 3.63) is 23.9 Å². The summed E-state index contributed by atoms with van der Waals surface area (Å²) in [7, 11) is 0. The van der Waals surface area contributed by atoms with Gasteiger partial charge in [0.25, 0.3) is 5.91 Å². The summed E-state index contributed by atoms with van der Waals surface area (Å²) in [6.45, 7) is 3.68. The molecule has 0 saturated heterocycles. The van der Waals surface area contributed by atoms with Crippen LogP contribution in [0.15, 0.2) is 18.3 Å². The predicted octanol–water partition coefficient (Wildman–Crippen LogP) is 2.00. The first-order chi connectivity index (χ1) is 8.27. The molecule has 0 unspecified atom stereocenters. The summed E-state index contributed by atoms with van der Waals surface area (Å²) in [6.07, 6.45) is 4.67. The van der Waals surface area contributed by atoms with Gasteiger partial charge in [-0.3, -0.25) is 4.79 Å². The molecule has 1 amide bonds. The molecule has 0 aliphatic carbocycles. The minimum Gasteiger partial charge on any atom is -0.370 e. The number of nitrogens with one attached hydrogen (secondary N) is 2. The summed E-state index contributed by atoms with van der Waals surface area (Å²) in [5.74, 6) is 1.68. The van der Waals surface area contributed by atoms with Crippen LogP contribution in [0.25, 0.3) is 0 Å². The van der Waals surface area contributed by atoms with Crippen LogP contribution in [-0.2, 0) is 0 Å². The lowest BCUT2D eigenvalue weighted by Crippen LogP contribution is -2.25. The number of amides is 1. The lowest BCUT2D eigenvalue weighted by molar-refractivity contribution is 0.0956. The van der Waals surface area contributed by atoms with E-state index in [9.17, 15) is 4.79 Å². The van der Waals surface area contributed by atoms with Crippen molar-refractivity contribution in [2.24, 2.45) is 0 Å². The molecule has 0 saturated carbocycles. The Morgan fingerprint density at radius 2 is 2.24 bits per heavy atom. The topological polar surface area (TPSA) is 54.0 Å². The van der Waals surface area contributed by atoms with Gasteiger partial charge in [-0.15, -0.1) is 0 Å². The fraction of sp³-hybridized carbons (Fsp3) is 0.500. The molecule has 17 heavy (non-hydrogen) atoms. The standard InChI is InChI=1S/C12H19N3OS/c1-3-6-13-11-5-4-10(9-15-11)12(16)14-7-8-17-2/h4-5,9H,3,6-8H2,1-2H3,(H,13,15)(H,14,16). The highest BCUT2D eigenvalue weighted by Gasteiger charge is 2.04. The molecule has 1 rings (SSSR count). The first-order valence-electron chi connectivity index (χ1n) is 5.75. The van der Waals surface area contributed by atoms with Gasteiger partial charge in [-0.2, -0.15) is 11.8 Å². The Bertz CT molecular complexity index is 340. The molecule has 0 atom stereocenters. The fourth-order valence-electron chi connectivity index (χ4n) is 1.25.